The molecule has 3 heterocycles. The van der Waals surface area contributed by atoms with Crippen LogP contribution in [0, 0.1) is 0 Å². The van der Waals surface area contributed by atoms with Gasteiger partial charge in [0.05, 0.1) is 42.1 Å². The number of aryl methyl sites for hydroxylation is 1. The van der Waals surface area contributed by atoms with Gasteiger partial charge in [-0.2, -0.15) is 4.98 Å². The summed E-state index contributed by atoms with van der Waals surface area (Å²) in [4.78, 5) is 52.0. The van der Waals surface area contributed by atoms with E-state index in [2.05, 4.69) is 15.0 Å². The van der Waals surface area contributed by atoms with Crippen LogP contribution in [-0.2, 0) is 40.4 Å². The van der Waals surface area contributed by atoms with Gasteiger partial charge < -0.3 is 20.1 Å². The largest absolute Gasteiger partial charge is 0.486 e. The zero-order valence-corrected chi connectivity index (χ0v) is 28.7. The van der Waals surface area contributed by atoms with Crippen molar-refractivity contribution in [1.82, 2.24) is 19.5 Å². The second-order valence-corrected chi connectivity index (χ2v) is 12.1. The molecule has 5 aromatic rings. The minimum absolute atomic E-state index is 0.0136. The summed E-state index contributed by atoms with van der Waals surface area (Å²) in [5.74, 6) is 0.0967. The lowest BCUT2D eigenvalue weighted by Gasteiger charge is -2.21. The van der Waals surface area contributed by atoms with Gasteiger partial charge in [-0.3, -0.25) is 28.9 Å². The number of halogens is 2. The van der Waals surface area contributed by atoms with Gasteiger partial charge in [-0.05, 0) is 54.4 Å². The van der Waals surface area contributed by atoms with Gasteiger partial charge >= 0.3 is 0 Å². The van der Waals surface area contributed by atoms with Crippen LogP contribution in [0.1, 0.15) is 41.8 Å². The zero-order chi connectivity index (χ0) is 34.9. The number of carbonyl (C=O) groups excluding carboxylic acids is 3. The summed E-state index contributed by atoms with van der Waals surface area (Å²) in [6.45, 7) is 0.446. The molecule has 0 bridgehead atoms. The first-order valence-corrected chi connectivity index (χ1v) is 16.4. The highest BCUT2D eigenvalue weighted by atomic mass is 35.5. The maximum absolute atomic E-state index is 13.1. The Balaban J connectivity index is 1.20. The summed E-state index contributed by atoms with van der Waals surface area (Å²) >= 11 is 13.4. The van der Waals surface area contributed by atoms with Crippen molar-refractivity contribution in [1.29, 1.82) is 0 Å². The standard InChI is InChI=1S/C36H36Cl2N6O5/c1-43(33(47)16-13-26(45)12-10-23-9-11-24(41-20-23)18-27(46)19-39)30-15-14-29(37)28(34(30)38)22-49-32-8-5-7-31-35(32)42-36(48-2)44(31)21-25-6-3-4-17-40-25/h3-9,11,14-15,17,20H,10,12-13,16,18-19,21-22,39H2,1-2H3. The summed E-state index contributed by atoms with van der Waals surface area (Å²) in [5.41, 5.74) is 10.1. The molecule has 0 saturated heterocycles. The zero-order valence-electron chi connectivity index (χ0n) is 27.2. The first kappa shape index (κ1) is 35.5. The molecule has 2 N–H and O–H groups in total. The molecule has 49 heavy (non-hydrogen) atoms. The van der Waals surface area contributed by atoms with Gasteiger partial charge in [0.2, 0.25) is 5.91 Å². The number of hydrogen-bond donors (Lipinski definition) is 1. The number of carbonyl (C=O) groups is 3. The molecule has 0 radical (unpaired) electrons. The van der Waals surface area contributed by atoms with Crippen LogP contribution in [0.15, 0.2) is 73.1 Å². The highest BCUT2D eigenvalue weighted by Gasteiger charge is 2.21. The number of hydrogen-bond acceptors (Lipinski definition) is 9. The smallest absolute Gasteiger partial charge is 0.297 e. The molecule has 0 aliphatic rings. The summed E-state index contributed by atoms with van der Waals surface area (Å²) in [6.07, 6.45) is 4.43. The lowest BCUT2D eigenvalue weighted by atomic mass is 10.1. The second kappa shape index (κ2) is 16.5. The monoisotopic (exact) mass is 702 g/mol. The van der Waals surface area contributed by atoms with Gasteiger partial charge in [-0.25, -0.2) is 0 Å². The summed E-state index contributed by atoms with van der Waals surface area (Å²) in [6, 6.07) is 18.6. The molecule has 5 rings (SSSR count). The van der Waals surface area contributed by atoms with Gasteiger partial charge in [0.1, 0.15) is 23.7 Å². The van der Waals surface area contributed by atoms with Crippen LogP contribution in [-0.4, -0.2) is 57.7 Å². The summed E-state index contributed by atoms with van der Waals surface area (Å²) in [7, 11) is 3.17. The molecule has 0 unspecified atom stereocenters. The molecule has 0 aliphatic heterocycles. The van der Waals surface area contributed by atoms with E-state index in [-0.39, 0.29) is 61.3 Å². The predicted octanol–water partition coefficient (Wildman–Crippen LogP) is 5.78. The van der Waals surface area contributed by atoms with Gasteiger partial charge in [0, 0.05) is 61.4 Å². The Morgan fingerprint density at radius 2 is 1.76 bits per heavy atom. The Bertz CT molecular complexity index is 1950. The third-order valence-electron chi connectivity index (χ3n) is 8.01. The molecule has 0 spiro atoms. The average molecular weight is 704 g/mol. The molecular weight excluding hydrogens is 667 g/mol. The molecule has 0 aliphatic carbocycles. The number of para-hydroxylation sites is 1. The highest BCUT2D eigenvalue weighted by Crippen LogP contribution is 2.36. The second-order valence-electron chi connectivity index (χ2n) is 11.3. The SMILES string of the molecule is COc1nc2c(OCc3c(Cl)ccc(N(C)C(=O)CCC(=O)CCc4ccc(CC(=O)CN)nc4)c3Cl)cccc2n1Cc1ccccn1. The van der Waals surface area contributed by atoms with E-state index in [9.17, 15) is 14.4 Å². The van der Waals surface area contributed by atoms with Crippen molar-refractivity contribution in [3.63, 3.8) is 0 Å². The normalized spacial score (nSPS) is 11.0. The molecule has 254 valence electrons. The molecule has 0 fully saturated rings. The number of methoxy groups -OCH3 is 1. The number of fused-ring (bicyclic) bond motifs is 1. The highest BCUT2D eigenvalue weighted by molar-refractivity contribution is 6.38. The third kappa shape index (κ3) is 8.80. The number of ether oxygens (including phenoxy) is 2. The van der Waals surface area contributed by atoms with Crippen LogP contribution >= 0.6 is 23.2 Å². The van der Waals surface area contributed by atoms with Crippen LogP contribution < -0.4 is 20.1 Å². The van der Waals surface area contributed by atoms with Crippen LogP contribution in [0.4, 0.5) is 5.69 Å². The lowest BCUT2D eigenvalue weighted by molar-refractivity contribution is -0.123. The van der Waals surface area contributed by atoms with Crippen molar-refractivity contribution in [2.45, 2.75) is 45.3 Å². The van der Waals surface area contributed by atoms with Crippen LogP contribution in [0.25, 0.3) is 11.0 Å². The molecular formula is C36H36Cl2N6O5. The van der Waals surface area contributed by atoms with E-state index in [1.807, 2.05) is 41.0 Å². The Morgan fingerprint density at radius 3 is 2.47 bits per heavy atom. The van der Waals surface area contributed by atoms with Crippen LogP contribution in [0.3, 0.4) is 0 Å². The van der Waals surface area contributed by atoms with Crippen molar-refractivity contribution in [2.75, 3.05) is 25.6 Å². The molecule has 1 amide bonds. The first-order valence-electron chi connectivity index (χ1n) is 15.6. The first-order chi connectivity index (χ1) is 23.7. The summed E-state index contributed by atoms with van der Waals surface area (Å²) in [5, 5.41) is 0.646. The maximum atomic E-state index is 13.1. The number of nitrogens with zero attached hydrogens (tertiary/aromatic N) is 5. The Hall–Kier alpha value is -4.84. The number of rotatable bonds is 16. The summed E-state index contributed by atoms with van der Waals surface area (Å²) < 4.78 is 13.7. The number of benzene rings is 2. The van der Waals surface area contributed by atoms with Crippen molar-refractivity contribution < 1.29 is 23.9 Å². The van der Waals surface area contributed by atoms with Crippen LogP contribution in [0.5, 0.6) is 11.8 Å². The van der Waals surface area contributed by atoms with Crippen molar-refractivity contribution >= 4 is 57.4 Å². The molecule has 3 aromatic heterocycles. The van der Waals surface area contributed by atoms with E-state index in [0.29, 0.717) is 52.2 Å². The van der Waals surface area contributed by atoms with E-state index in [1.165, 1.54) is 4.90 Å². The van der Waals surface area contributed by atoms with Gasteiger partial charge in [0.15, 0.2) is 5.78 Å². The molecule has 13 heteroatoms. The van der Waals surface area contributed by atoms with Gasteiger partial charge in [0.25, 0.3) is 6.01 Å². The number of nitrogens with two attached hydrogens (primary N) is 1. The third-order valence-corrected chi connectivity index (χ3v) is 8.79. The van der Waals surface area contributed by atoms with E-state index < -0.39 is 0 Å². The average Bonchev–Trinajstić information content (AvgIpc) is 3.48. The number of Topliss-reactive ketones (excluding diaryl/α,β-unsaturated/α-hetero) is 2. The number of pyridine rings is 2. The van der Waals surface area contributed by atoms with Crippen LogP contribution in [0.2, 0.25) is 10.0 Å². The topological polar surface area (TPSA) is 143 Å². The van der Waals surface area contributed by atoms with E-state index in [0.717, 1.165) is 16.8 Å². The molecule has 11 nitrogen and oxygen atoms in total. The quantitative estimate of drug-likeness (QED) is 0.135. The van der Waals surface area contributed by atoms with Crippen molar-refractivity contribution in [3.05, 3.63) is 106 Å². The fourth-order valence-electron chi connectivity index (χ4n) is 5.24. The Kier molecular flexibility index (Phi) is 12.0. The predicted molar refractivity (Wildman–Crippen MR) is 188 cm³/mol. The lowest BCUT2D eigenvalue weighted by Crippen LogP contribution is -2.27. The fourth-order valence-corrected chi connectivity index (χ4v) is 5.85. The van der Waals surface area contributed by atoms with E-state index in [4.69, 9.17) is 38.4 Å². The van der Waals surface area contributed by atoms with E-state index >= 15 is 0 Å². The number of ketones is 2. The van der Waals surface area contributed by atoms with Crippen molar-refractivity contribution in [3.8, 4) is 11.8 Å². The molecule has 0 saturated carbocycles. The number of aromatic nitrogens is 4. The number of amides is 1. The van der Waals surface area contributed by atoms with Gasteiger partial charge in [-0.15, -0.1) is 0 Å². The van der Waals surface area contributed by atoms with Gasteiger partial charge in [-0.1, -0.05) is 41.4 Å². The molecule has 2 aromatic carbocycles. The Morgan fingerprint density at radius 1 is 0.918 bits per heavy atom. The number of imidazole rings is 1. The fraction of sp³-hybridized carbons (Fsp3) is 0.278. The Labute approximate surface area is 294 Å². The molecule has 0 atom stereocenters. The van der Waals surface area contributed by atoms with Crippen molar-refractivity contribution in [2.24, 2.45) is 5.73 Å². The van der Waals surface area contributed by atoms with E-state index in [1.54, 1.807) is 50.8 Å². The minimum Gasteiger partial charge on any atom is -0.486 e. The minimum atomic E-state index is -0.268. The number of anilines is 1. The maximum Gasteiger partial charge on any atom is 0.297 e.